The Kier molecular flexibility index (Phi) is 7.33. The van der Waals surface area contributed by atoms with Crippen LogP contribution in [0.25, 0.3) is 0 Å². The van der Waals surface area contributed by atoms with E-state index in [0.717, 1.165) is 5.56 Å². The van der Waals surface area contributed by atoms with Gasteiger partial charge in [0.1, 0.15) is 6.04 Å². The Balaban J connectivity index is 1.73. The van der Waals surface area contributed by atoms with Crippen LogP contribution in [0.2, 0.25) is 0 Å². The molecule has 3 rings (SSSR count). The van der Waals surface area contributed by atoms with Gasteiger partial charge in [-0.25, -0.2) is 4.79 Å². The molecule has 0 amide bonds. The average Bonchev–Trinajstić information content (AvgIpc) is 2.79. The number of carbonyl (C=O) groups is 3. The fourth-order valence-electron chi connectivity index (χ4n) is 3.12. The van der Waals surface area contributed by atoms with Gasteiger partial charge in [-0.1, -0.05) is 78.4 Å². The molecule has 5 heteroatoms. The molecule has 0 heterocycles. The molecule has 0 radical (unpaired) electrons. The SMILES string of the molecule is Cc1ccc(C(=O)[C@H](C)OC(=O)[C@H](CC(=O)c2ccccc2)Nc2ccccc2)cc1. The predicted octanol–water partition coefficient (Wildman–Crippen LogP) is 4.86. The molecule has 31 heavy (non-hydrogen) atoms. The summed E-state index contributed by atoms with van der Waals surface area (Å²) in [5, 5.41) is 3.06. The van der Waals surface area contributed by atoms with Crippen molar-refractivity contribution in [3.8, 4) is 0 Å². The molecule has 158 valence electrons. The molecule has 0 aliphatic heterocycles. The third-order valence-corrected chi connectivity index (χ3v) is 4.88. The number of ketones is 2. The van der Waals surface area contributed by atoms with Crippen molar-refractivity contribution in [2.45, 2.75) is 32.4 Å². The lowest BCUT2D eigenvalue weighted by Crippen LogP contribution is -2.37. The molecule has 0 saturated carbocycles. The third-order valence-electron chi connectivity index (χ3n) is 4.88. The topological polar surface area (TPSA) is 72.5 Å². The summed E-state index contributed by atoms with van der Waals surface area (Å²) in [6, 6.07) is 24.0. The van der Waals surface area contributed by atoms with Gasteiger partial charge in [0.2, 0.25) is 5.78 Å². The van der Waals surface area contributed by atoms with Crippen molar-refractivity contribution in [3.05, 3.63) is 102 Å². The van der Waals surface area contributed by atoms with E-state index >= 15 is 0 Å². The van der Waals surface area contributed by atoms with E-state index in [1.807, 2.05) is 43.3 Å². The van der Waals surface area contributed by atoms with Crippen LogP contribution >= 0.6 is 0 Å². The van der Waals surface area contributed by atoms with Crippen LogP contribution < -0.4 is 5.32 Å². The number of nitrogens with one attached hydrogen (secondary N) is 1. The fourth-order valence-corrected chi connectivity index (χ4v) is 3.12. The molecule has 0 spiro atoms. The number of ether oxygens (including phenoxy) is 1. The van der Waals surface area contributed by atoms with E-state index in [1.54, 1.807) is 55.5 Å². The van der Waals surface area contributed by atoms with Gasteiger partial charge in [0, 0.05) is 23.2 Å². The second-order valence-electron chi connectivity index (χ2n) is 7.37. The number of esters is 1. The summed E-state index contributed by atoms with van der Waals surface area (Å²) in [6.45, 7) is 3.47. The van der Waals surface area contributed by atoms with E-state index in [1.165, 1.54) is 0 Å². The van der Waals surface area contributed by atoms with Gasteiger partial charge in [0.05, 0.1) is 0 Å². The second kappa shape index (κ2) is 10.3. The smallest absolute Gasteiger partial charge is 0.329 e. The summed E-state index contributed by atoms with van der Waals surface area (Å²) in [6.07, 6.45) is -1.06. The molecule has 3 aromatic rings. The van der Waals surface area contributed by atoms with Gasteiger partial charge in [-0.2, -0.15) is 0 Å². The lowest BCUT2D eigenvalue weighted by molar-refractivity contribution is -0.147. The number of para-hydroxylation sites is 1. The highest BCUT2D eigenvalue weighted by atomic mass is 16.5. The number of aryl methyl sites for hydroxylation is 1. The Hall–Kier alpha value is -3.73. The summed E-state index contributed by atoms with van der Waals surface area (Å²) < 4.78 is 5.46. The zero-order valence-electron chi connectivity index (χ0n) is 17.6. The predicted molar refractivity (Wildman–Crippen MR) is 120 cm³/mol. The largest absolute Gasteiger partial charge is 0.453 e. The van der Waals surface area contributed by atoms with Crippen molar-refractivity contribution in [1.29, 1.82) is 0 Å². The Morgan fingerprint density at radius 3 is 2.00 bits per heavy atom. The molecule has 5 nitrogen and oxygen atoms in total. The molecular weight excluding hydrogens is 390 g/mol. The number of benzene rings is 3. The molecule has 0 unspecified atom stereocenters. The fraction of sp³-hybridized carbons (Fsp3) is 0.192. The van der Waals surface area contributed by atoms with Crippen LogP contribution in [0, 0.1) is 6.92 Å². The van der Waals surface area contributed by atoms with Gasteiger partial charge in [0.15, 0.2) is 11.9 Å². The molecule has 3 aromatic carbocycles. The van der Waals surface area contributed by atoms with Crippen LogP contribution in [0.5, 0.6) is 0 Å². The number of Topliss-reactive ketones (excluding diaryl/α,β-unsaturated/α-hetero) is 2. The molecule has 0 aromatic heterocycles. The number of hydrogen-bond acceptors (Lipinski definition) is 5. The summed E-state index contributed by atoms with van der Waals surface area (Å²) in [7, 11) is 0. The molecule has 0 bridgehead atoms. The van der Waals surface area contributed by atoms with Gasteiger partial charge < -0.3 is 10.1 Å². The minimum absolute atomic E-state index is 0.0941. The van der Waals surface area contributed by atoms with E-state index in [4.69, 9.17) is 4.74 Å². The van der Waals surface area contributed by atoms with Crippen LogP contribution in [-0.4, -0.2) is 29.7 Å². The number of carbonyl (C=O) groups excluding carboxylic acids is 3. The van der Waals surface area contributed by atoms with E-state index in [0.29, 0.717) is 16.8 Å². The first-order chi connectivity index (χ1) is 14.9. The average molecular weight is 415 g/mol. The normalized spacial score (nSPS) is 12.5. The van der Waals surface area contributed by atoms with Crippen LogP contribution in [-0.2, 0) is 9.53 Å². The van der Waals surface area contributed by atoms with Crippen molar-refractivity contribution in [2.24, 2.45) is 0 Å². The highest BCUT2D eigenvalue weighted by molar-refractivity contribution is 6.02. The van der Waals surface area contributed by atoms with Gasteiger partial charge in [-0.15, -0.1) is 0 Å². The van der Waals surface area contributed by atoms with Crippen molar-refractivity contribution in [2.75, 3.05) is 5.32 Å². The van der Waals surface area contributed by atoms with Gasteiger partial charge >= 0.3 is 5.97 Å². The maximum Gasteiger partial charge on any atom is 0.329 e. The maximum atomic E-state index is 12.9. The lowest BCUT2D eigenvalue weighted by atomic mass is 10.0. The zero-order valence-corrected chi connectivity index (χ0v) is 17.6. The summed E-state index contributed by atoms with van der Waals surface area (Å²) in [5.74, 6) is -1.13. The number of hydrogen-bond donors (Lipinski definition) is 1. The van der Waals surface area contributed by atoms with Gasteiger partial charge in [-0.05, 0) is 26.0 Å². The number of anilines is 1. The van der Waals surface area contributed by atoms with E-state index in [-0.39, 0.29) is 18.0 Å². The Bertz CT molecular complexity index is 1030. The highest BCUT2D eigenvalue weighted by Crippen LogP contribution is 2.15. The Labute approximate surface area is 182 Å². The quantitative estimate of drug-likeness (QED) is 0.399. The summed E-state index contributed by atoms with van der Waals surface area (Å²) in [4.78, 5) is 38.3. The molecule has 0 aliphatic carbocycles. The van der Waals surface area contributed by atoms with Crippen molar-refractivity contribution >= 4 is 23.2 Å². The lowest BCUT2D eigenvalue weighted by Gasteiger charge is -2.21. The Morgan fingerprint density at radius 2 is 1.39 bits per heavy atom. The van der Waals surface area contributed by atoms with Crippen molar-refractivity contribution < 1.29 is 19.1 Å². The van der Waals surface area contributed by atoms with E-state index in [2.05, 4.69) is 5.32 Å². The van der Waals surface area contributed by atoms with Crippen LogP contribution in [0.4, 0.5) is 5.69 Å². The minimum atomic E-state index is -0.970. The molecule has 0 saturated heterocycles. The van der Waals surface area contributed by atoms with Crippen molar-refractivity contribution in [3.63, 3.8) is 0 Å². The Morgan fingerprint density at radius 1 is 0.806 bits per heavy atom. The van der Waals surface area contributed by atoms with Crippen molar-refractivity contribution in [1.82, 2.24) is 0 Å². The third kappa shape index (κ3) is 6.12. The summed E-state index contributed by atoms with van der Waals surface area (Å²) in [5.41, 5.74) is 2.70. The first-order valence-corrected chi connectivity index (χ1v) is 10.2. The zero-order chi connectivity index (χ0) is 22.2. The molecule has 0 fully saturated rings. The minimum Gasteiger partial charge on any atom is -0.453 e. The molecule has 2 atom stereocenters. The molecule has 0 aliphatic rings. The van der Waals surface area contributed by atoms with E-state index < -0.39 is 18.1 Å². The van der Waals surface area contributed by atoms with Crippen LogP contribution in [0.1, 0.15) is 39.6 Å². The maximum absolute atomic E-state index is 12.9. The molecule has 1 N–H and O–H groups in total. The first kappa shape index (κ1) is 22.0. The monoisotopic (exact) mass is 415 g/mol. The van der Waals surface area contributed by atoms with Gasteiger partial charge in [0.25, 0.3) is 0 Å². The first-order valence-electron chi connectivity index (χ1n) is 10.2. The number of rotatable bonds is 9. The highest BCUT2D eigenvalue weighted by Gasteiger charge is 2.28. The van der Waals surface area contributed by atoms with E-state index in [9.17, 15) is 14.4 Å². The standard InChI is InChI=1S/C26H25NO4/c1-18-13-15-21(16-14-18)25(29)19(2)31-26(30)23(27-22-11-7-4-8-12-22)17-24(28)20-9-5-3-6-10-20/h3-16,19,23,27H,17H2,1-2H3/t19-,23-/m0/s1. The second-order valence-corrected chi connectivity index (χ2v) is 7.37. The van der Waals surface area contributed by atoms with Gasteiger partial charge in [-0.3, -0.25) is 9.59 Å². The summed E-state index contributed by atoms with van der Waals surface area (Å²) >= 11 is 0. The van der Waals surface area contributed by atoms with Crippen LogP contribution in [0.3, 0.4) is 0 Å². The van der Waals surface area contributed by atoms with Crippen LogP contribution in [0.15, 0.2) is 84.9 Å². The molecular formula is C26H25NO4.